The third-order valence-corrected chi connectivity index (χ3v) is 3.49. The molecule has 2 aromatic rings. The highest BCUT2D eigenvalue weighted by Crippen LogP contribution is 2.24. The van der Waals surface area contributed by atoms with E-state index in [0.29, 0.717) is 17.8 Å². The SMILES string of the molecule is COC(=O)c1c(N)nc2ccc(C3C=NC=C(CO)C3)nn12. The molecule has 3 N–H and O–H groups in total. The minimum absolute atomic E-state index is 0.0402. The van der Waals surface area contributed by atoms with Crippen LogP contribution in [0.5, 0.6) is 0 Å². The number of carbonyl (C=O) groups is 1. The Morgan fingerprint density at radius 2 is 2.36 bits per heavy atom. The number of carbonyl (C=O) groups excluding carboxylic acids is 1. The van der Waals surface area contributed by atoms with Crippen molar-refractivity contribution in [1.82, 2.24) is 14.6 Å². The molecule has 1 atom stereocenters. The van der Waals surface area contributed by atoms with Crippen LogP contribution in [0.1, 0.15) is 28.5 Å². The van der Waals surface area contributed by atoms with E-state index in [9.17, 15) is 9.90 Å². The van der Waals surface area contributed by atoms with Gasteiger partial charge in [0.2, 0.25) is 0 Å². The number of hydrogen-bond donors (Lipinski definition) is 2. The lowest BCUT2D eigenvalue weighted by molar-refractivity contribution is 0.0592. The Labute approximate surface area is 125 Å². The molecule has 1 aliphatic heterocycles. The molecule has 0 fully saturated rings. The number of nitrogens with zero attached hydrogens (tertiary/aromatic N) is 4. The fraction of sp³-hybridized carbons (Fsp3) is 0.286. The number of imidazole rings is 1. The van der Waals surface area contributed by atoms with Crippen molar-refractivity contribution in [2.75, 3.05) is 19.5 Å². The van der Waals surface area contributed by atoms with Crippen LogP contribution in [0.25, 0.3) is 5.65 Å². The number of aliphatic hydroxyl groups excluding tert-OH is 1. The van der Waals surface area contributed by atoms with Crippen LogP contribution in [0.4, 0.5) is 5.82 Å². The molecule has 0 bridgehead atoms. The number of aliphatic imine (C=N–C) groups is 1. The molecule has 1 aliphatic rings. The molecule has 0 amide bonds. The Bertz CT molecular complexity index is 793. The van der Waals surface area contributed by atoms with Gasteiger partial charge in [0.1, 0.15) is 0 Å². The Balaban J connectivity index is 2.04. The van der Waals surface area contributed by atoms with Gasteiger partial charge in [-0.2, -0.15) is 5.10 Å². The standard InChI is InChI=1S/C14H15N5O3/c1-22-14(21)12-13(15)17-11-3-2-10(18-19(11)12)9-4-8(7-20)5-16-6-9/h2-3,5-6,9,20H,4,7,15H2,1H3. The van der Waals surface area contributed by atoms with E-state index in [1.807, 2.05) is 0 Å². The van der Waals surface area contributed by atoms with Gasteiger partial charge in [0.05, 0.1) is 19.4 Å². The summed E-state index contributed by atoms with van der Waals surface area (Å²) in [5.41, 5.74) is 7.86. The first-order valence-electron chi connectivity index (χ1n) is 6.69. The fourth-order valence-electron chi connectivity index (χ4n) is 2.38. The molecule has 8 nitrogen and oxygen atoms in total. The van der Waals surface area contributed by atoms with Gasteiger partial charge in [0.15, 0.2) is 17.2 Å². The number of aliphatic hydroxyl groups is 1. The van der Waals surface area contributed by atoms with Gasteiger partial charge in [-0.05, 0) is 24.1 Å². The van der Waals surface area contributed by atoms with Crippen molar-refractivity contribution in [2.24, 2.45) is 4.99 Å². The highest BCUT2D eigenvalue weighted by Gasteiger charge is 2.22. The molecule has 0 aliphatic carbocycles. The van der Waals surface area contributed by atoms with Crippen LogP contribution in [0.2, 0.25) is 0 Å². The summed E-state index contributed by atoms with van der Waals surface area (Å²) in [5.74, 6) is -0.599. The summed E-state index contributed by atoms with van der Waals surface area (Å²) in [5, 5.41) is 13.7. The second-order valence-electron chi connectivity index (χ2n) is 4.92. The highest BCUT2D eigenvalue weighted by atomic mass is 16.5. The Morgan fingerprint density at radius 1 is 1.55 bits per heavy atom. The predicted molar refractivity (Wildman–Crippen MR) is 79.8 cm³/mol. The largest absolute Gasteiger partial charge is 0.464 e. The van der Waals surface area contributed by atoms with Crippen molar-refractivity contribution in [3.05, 3.63) is 35.3 Å². The second kappa shape index (κ2) is 5.57. The maximum absolute atomic E-state index is 11.8. The molecule has 2 aromatic heterocycles. The zero-order chi connectivity index (χ0) is 15.7. The topological polar surface area (TPSA) is 115 Å². The number of fused-ring (bicyclic) bond motifs is 1. The number of methoxy groups -OCH3 is 1. The maximum atomic E-state index is 11.8. The Kier molecular flexibility index (Phi) is 3.60. The van der Waals surface area contributed by atoms with Gasteiger partial charge < -0.3 is 15.6 Å². The summed E-state index contributed by atoms with van der Waals surface area (Å²) in [6, 6.07) is 3.54. The average Bonchev–Trinajstić information content (AvgIpc) is 2.89. The Hall–Kier alpha value is -2.74. The van der Waals surface area contributed by atoms with Gasteiger partial charge in [0.25, 0.3) is 0 Å². The van der Waals surface area contributed by atoms with Crippen LogP contribution >= 0.6 is 0 Å². The third kappa shape index (κ3) is 2.33. The van der Waals surface area contributed by atoms with Crippen molar-refractivity contribution in [3.8, 4) is 0 Å². The molecular formula is C14H15N5O3. The summed E-state index contributed by atoms with van der Waals surface area (Å²) in [6.07, 6.45) is 4.02. The summed E-state index contributed by atoms with van der Waals surface area (Å²) >= 11 is 0. The minimum atomic E-state index is -0.595. The number of rotatable bonds is 3. The number of esters is 1. The molecule has 0 saturated carbocycles. The molecule has 0 spiro atoms. The maximum Gasteiger partial charge on any atom is 0.360 e. The van der Waals surface area contributed by atoms with Crippen LogP contribution in [-0.2, 0) is 4.74 Å². The van der Waals surface area contributed by atoms with Gasteiger partial charge in [-0.3, -0.25) is 4.99 Å². The summed E-state index contributed by atoms with van der Waals surface area (Å²) in [6.45, 7) is -0.0402. The van der Waals surface area contributed by atoms with Crippen LogP contribution in [0.3, 0.4) is 0 Å². The molecule has 0 aromatic carbocycles. The number of nitrogen functional groups attached to an aromatic ring is 1. The van der Waals surface area contributed by atoms with Crippen molar-refractivity contribution < 1.29 is 14.6 Å². The highest BCUT2D eigenvalue weighted by molar-refractivity contribution is 5.93. The number of nitrogens with two attached hydrogens (primary N) is 1. The van der Waals surface area contributed by atoms with Crippen LogP contribution in [-0.4, -0.2) is 45.6 Å². The summed E-state index contributed by atoms with van der Waals surface area (Å²) in [4.78, 5) is 20.0. The first-order chi connectivity index (χ1) is 10.6. The van der Waals surface area contributed by atoms with Crippen LogP contribution < -0.4 is 5.73 Å². The van der Waals surface area contributed by atoms with E-state index in [4.69, 9.17) is 10.5 Å². The van der Waals surface area contributed by atoms with Crippen LogP contribution in [0, 0.1) is 0 Å². The lowest BCUT2D eigenvalue weighted by Crippen LogP contribution is -2.14. The number of aromatic nitrogens is 3. The Morgan fingerprint density at radius 3 is 3.09 bits per heavy atom. The van der Waals surface area contributed by atoms with Crippen molar-refractivity contribution in [3.63, 3.8) is 0 Å². The van der Waals surface area contributed by atoms with E-state index in [1.165, 1.54) is 11.6 Å². The minimum Gasteiger partial charge on any atom is -0.464 e. The second-order valence-corrected chi connectivity index (χ2v) is 4.92. The van der Waals surface area contributed by atoms with E-state index in [2.05, 4.69) is 15.1 Å². The molecule has 3 heterocycles. The van der Waals surface area contributed by atoms with Gasteiger partial charge >= 0.3 is 5.97 Å². The number of hydrogen-bond acceptors (Lipinski definition) is 7. The normalized spacial score (nSPS) is 17.5. The van der Waals surface area contributed by atoms with E-state index >= 15 is 0 Å². The lowest BCUT2D eigenvalue weighted by atomic mass is 9.96. The predicted octanol–water partition coefficient (Wildman–Crippen LogP) is 0.532. The average molecular weight is 301 g/mol. The molecule has 22 heavy (non-hydrogen) atoms. The van der Waals surface area contributed by atoms with Gasteiger partial charge in [-0.25, -0.2) is 14.3 Å². The van der Waals surface area contributed by atoms with Crippen LogP contribution in [0.15, 0.2) is 28.9 Å². The molecule has 8 heteroatoms. The van der Waals surface area contributed by atoms with Gasteiger partial charge in [0, 0.05) is 18.3 Å². The van der Waals surface area contributed by atoms with E-state index in [0.717, 1.165) is 5.57 Å². The summed E-state index contributed by atoms with van der Waals surface area (Å²) < 4.78 is 6.09. The zero-order valence-corrected chi connectivity index (χ0v) is 11.9. The van der Waals surface area contributed by atoms with Gasteiger partial charge in [-0.1, -0.05) is 0 Å². The molecule has 0 saturated heterocycles. The van der Waals surface area contributed by atoms with Crippen molar-refractivity contribution >= 4 is 23.6 Å². The number of ether oxygens (including phenoxy) is 1. The summed E-state index contributed by atoms with van der Waals surface area (Å²) in [7, 11) is 1.27. The first kappa shape index (κ1) is 14.2. The first-order valence-corrected chi connectivity index (χ1v) is 6.69. The molecular weight excluding hydrogens is 286 g/mol. The van der Waals surface area contributed by atoms with E-state index < -0.39 is 5.97 Å². The third-order valence-electron chi connectivity index (χ3n) is 3.49. The zero-order valence-electron chi connectivity index (χ0n) is 11.9. The van der Waals surface area contributed by atoms with Crippen molar-refractivity contribution in [1.29, 1.82) is 0 Å². The smallest absolute Gasteiger partial charge is 0.360 e. The fourth-order valence-corrected chi connectivity index (χ4v) is 2.38. The molecule has 0 radical (unpaired) electrons. The van der Waals surface area contributed by atoms with E-state index in [1.54, 1.807) is 24.5 Å². The molecule has 1 unspecified atom stereocenters. The lowest BCUT2D eigenvalue weighted by Gasteiger charge is -2.16. The van der Waals surface area contributed by atoms with E-state index in [-0.39, 0.29) is 24.0 Å². The molecule has 114 valence electrons. The van der Waals surface area contributed by atoms with Gasteiger partial charge in [-0.15, -0.1) is 0 Å². The van der Waals surface area contributed by atoms with Crippen molar-refractivity contribution in [2.45, 2.75) is 12.3 Å². The number of anilines is 1. The quantitative estimate of drug-likeness (QED) is 0.799. The monoisotopic (exact) mass is 301 g/mol. The molecule has 3 rings (SSSR count).